The molecular weight excluding hydrogens is 242 g/mol. The van der Waals surface area contributed by atoms with Gasteiger partial charge < -0.3 is 19.5 Å². The SMILES string of the molecule is CC(C)C#CCOCCOCCOCCNC(C)C. The summed E-state index contributed by atoms with van der Waals surface area (Å²) in [6.45, 7) is 12.9. The van der Waals surface area contributed by atoms with Gasteiger partial charge in [-0.15, -0.1) is 0 Å². The van der Waals surface area contributed by atoms with E-state index in [1.54, 1.807) is 0 Å². The smallest absolute Gasteiger partial charge is 0.107 e. The zero-order valence-electron chi connectivity index (χ0n) is 12.8. The van der Waals surface area contributed by atoms with Crippen molar-refractivity contribution in [3.8, 4) is 11.8 Å². The van der Waals surface area contributed by atoms with Crippen LogP contribution >= 0.6 is 0 Å². The van der Waals surface area contributed by atoms with E-state index in [4.69, 9.17) is 14.2 Å². The van der Waals surface area contributed by atoms with Crippen LogP contribution < -0.4 is 5.32 Å². The summed E-state index contributed by atoms with van der Waals surface area (Å²) < 4.78 is 16.1. The van der Waals surface area contributed by atoms with Crippen molar-refractivity contribution in [3.63, 3.8) is 0 Å². The highest BCUT2D eigenvalue weighted by Crippen LogP contribution is 1.86. The molecule has 0 aromatic carbocycles. The average Bonchev–Trinajstić information content (AvgIpc) is 2.34. The van der Waals surface area contributed by atoms with E-state index < -0.39 is 0 Å². The highest BCUT2D eigenvalue weighted by Gasteiger charge is 1.93. The number of hydrogen-bond acceptors (Lipinski definition) is 4. The highest BCUT2D eigenvalue weighted by molar-refractivity contribution is 5.01. The maximum absolute atomic E-state index is 5.40. The largest absolute Gasteiger partial charge is 0.378 e. The Kier molecular flexibility index (Phi) is 13.4. The minimum Gasteiger partial charge on any atom is -0.378 e. The van der Waals surface area contributed by atoms with E-state index in [2.05, 4.69) is 44.9 Å². The molecule has 0 radical (unpaired) electrons. The van der Waals surface area contributed by atoms with E-state index in [0.29, 0.717) is 45.0 Å². The lowest BCUT2D eigenvalue weighted by atomic mass is 10.2. The Morgan fingerprint density at radius 3 is 2.00 bits per heavy atom. The van der Waals surface area contributed by atoms with Gasteiger partial charge in [0.25, 0.3) is 0 Å². The van der Waals surface area contributed by atoms with Gasteiger partial charge in [-0.25, -0.2) is 0 Å². The third-order valence-electron chi connectivity index (χ3n) is 2.11. The summed E-state index contributed by atoms with van der Waals surface area (Å²) in [4.78, 5) is 0. The van der Waals surface area contributed by atoms with Crippen molar-refractivity contribution in [2.75, 3.05) is 46.2 Å². The fourth-order valence-corrected chi connectivity index (χ4v) is 1.23. The van der Waals surface area contributed by atoms with E-state index in [9.17, 15) is 0 Å². The first-order chi connectivity index (χ1) is 9.13. The molecule has 0 bridgehead atoms. The molecule has 0 aromatic rings. The van der Waals surface area contributed by atoms with Crippen molar-refractivity contribution in [3.05, 3.63) is 0 Å². The van der Waals surface area contributed by atoms with Crippen molar-refractivity contribution in [2.24, 2.45) is 5.92 Å². The van der Waals surface area contributed by atoms with Gasteiger partial charge in [0.2, 0.25) is 0 Å². The molecule has 0 aliphatic rings. The lowest BCUT2D eigenvalue weighted by Gasteiger charge is -2.08. The Morgan fingerprint density at radius 2 is 1.42 bits per heavy atom. The third-order valence-corrected chi connectivity index (χ3v) is 2.11. The van der Waals surface area contributed by atoms with Crippen LogP contribution in [0.4, 0.5) is 0 Å². The van der Waals surface area contributed by atoms with Crippen molar-refractivity contribution in [1.29, 1.82) is 0 Å². The molecule has 0 atom stereocenters. The molecule has 0 saturated carbocycles. The lowest BCUT2D eigenvalue weighted by molar-refractivity contribution is 0.0207. The van der Waals surface area contributed by atoms with E-state index in [1.165, 1.54) is 0 Å². The first-order valence-electron chi connectivity index (χ1n) is 7.08. The van der Waals surface area contributed by atoms with Crippen molar-refractivity contribution in [1.82, 2.24) is 5.32 Å². The maximum atomic E-state index is 5.40. The second kappa shape index (κ2) is 13.8. The molecule has 0 saturated heterocycles. The second-order valence-electron chi connectivity index (χ2n) is 4.86. The van der Waals surface area contributed by atoms with Gasteiger partial charge in [-0.05, 0) is 0 Å². The van der Waals surface area contributed by atoms with Gasteiger partial charge in [0, 0.05) is 18.5 Å². The van der Waals surface area contributed by atoms with Gasteiger partial charge in [-0.1, -0.05) is 39.5 Å². The van der Waals surface area contributed by atoms with Crippen molar-refractivity contribution in [2.45, 2.75) is 33.7 Å². The molecule has 0 rings (SSSR count). The number of nitrogens with one attached hydrogen (secondary N) is 1. The molecule has 0 aliphatic carbocycles. The zero-order valence-corrected chi connectivity index (χ0v) is 12.8. The quantitative estimate of drug-likeness (QED) is 0.458. The summed E-state index contributed by atoms with van der Waals surface area (Å²) >= 11 is 0. The summed E-state index contributed by atoms with van der Waals surface area (Å²) in [7, 11) is 0. The minimum absolute atomic E-state index is 0.405. The number of rotatable bonds is 11. The predicted octanol–water partition coefficient (Wildman–Crippen LogP) is 1.69. The van der Waals surface area contributed by atoms with Crippen molar-refractivity contribution >= 4 is 0 Å². The Labute approximate surface area is 118 Å². The molecule has 0 amide bonds. The molecule has 0 fully saturated rings. The molecule has 4 heteroatoms. The van der Waals surface area contributed by atoms with Crippen LogP contribution in [0.3, 0.4) is 0 Å². The van der Waals surface area contributed by atoms with Gasteiger partial charge in [0.15, 0.2) is 0 Å². The van der Waals surface area contributed by atoms with Gasteiger partial charge in [-0.2, -0.15) is 0 Å². The molecular formula is C15H29NO3. The molecule has 0 aromatic heterocycles. The molecule has 0 aliphatic heterocycles. The van der Waals surface area contributed by atoms with Crippen LogP contribution in [0.2, 0.25) is 0 Å². The van der Waals surface area contributed by atoms with Gasteiger partial charge in [-0.3, -0.25) is 0 Å². The topological polar surface area (TPSA) is 39.7 Å². The molecule has 1 N–H and O–H groups in total. The molecule has 19 heavy (non-hydrogen) atoms. The first kappa shape index (κ1) is 18.4. The molecule has 0 spiro atoms. The van der Waals surface area contributed by atoms with Crippen LogP contribution in [-0.2, 0) is 14.2 Å². The van der Waals surface area contributed by atoms with Gasteiger partial charge in [0.05, 0.1) is 33.0 Å². The first-order valence-corrected chi connectivity index (χ1v) is 7.08. The van der Waals surface area contributed by atoms with Gasteiger partial charge >= 0.3 is 0 Å². The third kappa shape index (κ3) is 17.4. The summed E-state index contributed by atoms with van der Waals surface area (Å²) in [5.74, 6) is 6.41. The summed E-state index contributed by atoms with van der Waals surface area (Å²) in [6, 6.07) is 0.510. The Hall–Kier alpha value is -0.600. The minimum atomic E-state index is 0.405. The Morgan fingerprint density at radius 1 is 0.842 bits per heavy atom. The zero-order chi connectivity index (χ0) is 14.3. The van der Waals surface area contributed by atoms with E-state index in [-0.39, 0.29) is 0 Å². The fraction of sp³-hybridized carbons (Fsp3) is 0.867. The number of hydrogen-bond donors (Lipinski definition) is 1. The molecule has 0 heterocycles. The van der Waals surface area contributed by atoms with E-state index in [1.807, 2.05) is 0 Å². The standard InChI is InChI=1S/C15H29NO3/c1-14(2)6-5-8-17-10-12-19-13-11-18-9-7-16-15(3)4/h14-16H,7-13H2,1-4H3. The molecule has 0 unspecified atom stereocenters. The monoisotopic (exact) mass is 271 g/mol. The van der Waals surface area contributed by atoms with Crippen LogP contribution in [0.5, 0.6) is 0 Å². The van der Waals surface area contributed by atoms with Crippen molar-refractivity contribution < 1.29 is 14.2 Å². The highest BCUT2D eigenvalue weighted by atomic mass is 16.5. The maximum Gasteiger partial charge on any atom is 0.107 e. The molecule has 4 nitrogen and oxygen atoms in total. The van der Waals surface area contributed by atoms with Crippen LogP contribution in [0.1, 0.15) is 27.7 Å². The fourth-order valence-electron chi connectivity index (χ4n) is 1.23. The summed E-state index contributed by atoms with van der Waals surface area (Å²) in [5, 5.41) is 3.29. The molecule has 112 valence electrons. The summed E-state index contributed by atoms with van der Waals surface area (Å²) in [6.07, 6.45) is 0. The van der Waals surface area contributed by atoms with E-state index in [0.717, 1.165) is 13.2 Å². The normalized spacial score (nSPS) is 10.8. The van der Waals surface area contributed by atoms with E-state index >= 15 is 0 Å². The average molecular weight is 271 g/mol. The Balaban J connectivity index is 3.06. The number of ether oxygens (including phenoxy) is 3. The Bertz CT molecular complexity index is 244. The predicted molar refractivity (Wildman–Crippen MR) is 78.2 cm³/mol. The summed E-state index contributed by atoms with van der Waals surface area (Å²) in [5.41, 5.74) is 0. The van der Waals surface area contributed by atoms with Crippen LogP contribution in [0.15, 0.2) is 0 Å². The van der Waals surface area contributed by atoms with Crippen LogP contribution in [0, 0.1) is 17.8 Å². The van der Waals surface area contributed by atoms with Crippen LogP contribution in [-0.4, -0.2) is 52.2 Å². The second-order valence-corrected chi connectivity index (χ2v) is 4.86. The lowest BCUT2D eigenvalue weighted by Crippen LogP contribution is -2.27. The van der Waals surface area contributed by atoms with Gasteiger partial charge in [0.1, 0.15) is 6.61 Å². The van der Waals surface area contributed by atoms with Crippen LogP contribution in [0.25, 0.3) is 0 Å².